The van der Waals surface area contributed by atoms with E-state index in [1.165, 1.54) is 0 Å². The Labute approximate surface area is 183 Å². The van der Waals surface area contributed by atoms with Crippen molar-refractivity contribution in [1.82, 2.24) is 10.2 Å². The van der Waals surface area contributed by atoms with Crippen LogP contribution in [0.3, 0.4) is 0 Å². The second kappa shape index (κ2) is 9.71. The van der Waals surface area contributed by atoms with Gasteiger partial charge in [-0.3, -0.25) is 14.9 Å². The van der Waals surface area contributed by atoms with Crippen molar-refractivity contribution >= 4 is 40.5 Å². The van der Waals surface area contributed by atoms with Crippen molar-refractivity contribution in [3.63, 3.8) is 0 Å². The molecular weight excluding hydrogens is 396 g/mol. The zero-order valence-corrected chi connectivity index (χ0v) is 18.5. The van der Waals surface area contributed by atoms with Crippen LogP contribution in [0.2, 0.25) is 0 Å². The maximum absolute atomic E-state index is 12.3. The number of piperazine rings is 1. The third-order valence-corrected chi connectivity index (χ3v) is 5.29. The number of hydrogen-bond donors (Lipinski definition) is 2. The molecule has 2 aromatic carbocycles. The molecule has 1 aliphatic heterocycles. The Balaban J connectivity index is 1.51. The fourth-order valence-electron chi connectivity index (χ4n) is 3.43. The van der Waals surface area contributed by atoms with Gasteiger partial charge in [0.1, 0.15) is 0 Å². The minimum atomic E-state index is -0.235. The molecule has 158 valence electrons. The van der Waals surface area contributed by atoms with Crippen LogP contribution in [0.1, 0.15) is 29.8 Å². The number of hydrogen-bond acceptors (Lipinski definition) is 4. The maximum atomic E-state index is 12.3. The van der Waals surface area contributed by atoms with Crippen LogP contribution in [0.25, 0.3) is 0 Å². The Morgan fingerprint density at radius 3 is 2.27 bits per heavy atom. The van der Waals surface area contributed by atoms with Gasteiger partial charge in [0, 0.05) is 49.0 Å². The predicted octanol–water partition coefficient (Wildman–Crippen LogP) is 3.43. The van der Waals surface area contributed by atoms with Crippen LogP contribution >= 0.6 is 12.2 Å². The molecule has 2 amide bonds. The summed E-state index contributed by atoms with van der Waals surface area (Å²) in [6.07, 6.45) is 0. The summed E-state index contributed by atoms with van der Waals surface area (Å²) in [5.41, 5.74) is 3.50. The van der Waals surface area contributed by atoms with Crippen molar-refractivity contribution in [1.29, 1.82) is 0 Å². The largest absolute Gasteiger partial charge is 0.368 e. The first-order valence-corrected chi connectivity index (χ1v) is 10.6. The van der Waals surface area contributed by atoms with Gasteiger partial charge in [0.2, 0.25) is 5.91 Å². The molecule has 1 aliphatic rings. The second-order valence-electron chi connectivity index (χ2n) is 7.79. The summed E-state index contributed by atoms with van der Waals surface area (Å²) < 4.78 is 0. The van der Waals surface area contributed by atoms with Gasteiger partial charge in [0.25, 0.3) is 5.91 Å². The summed E-state index contributed by atoms with van der Waals surface area (Å²) in [6, 6.07) is 15.3. The lowest BCUT2D eigenvalue weighted by Gasteiger charge is -2.37. The zero-order chi connectivity index (χ0) is 21.7. The highest BCUT2D eigenvalue weighted by atomic mass is 32.1. The number of carbonyl (C=O) groups is 2. The molecule has 1 saturated heterocycles. The average molecular weight is 425 g/mol. The van der Waals surface area contributed by atoms with Crippen LogP contribution in [0.5, 0.6) is 0 Å². The minimum Gasteiger partial charge on any atom is -0.368 e. The molecule has 0 aromatic heterocycles. The van der Waals surface area contributed by atoms with Crippen LogP contribution in [-0.2, 0) is 4.79 Å². The van der Waals surface area contributed by atoms with E-state index in [0.29, 0.717) is 5.56 Å². The van der Waals surface area contributed by atoms with Crippen molar-refractivity contribution in [3.8, 4) is 0 Å². The lowest BCUT2D eigenvalue weighted by atomic mass is 10.1. The number of nitrogens with zero attached hydrogens (tertiary/aromatic N) is 2. The molecule has 2 N–H and O–H groups in total. The number of benzene rings is 2. The van der Waals surface area contributed by atoms with Gasteiger partial charge in [-0.25, -0.2) is 0 Å². The van der Waals surface area contributed by atoms with Gasteiger partial charge in [-0.15, -0.1) is 0 Å². The Hall–Kier alpha value is -2.93. The van der Waals surface area contributed by atoms with Gasteiger partial charge < -0.3 is 15.1 Å². The number of thiocarbonyl (C=S) groups is 1. The van der Waals surface area contributed by atoms with Gasteiger partial charge in [0.05, 0.1) is 0 Å². The molecule has 1 fully saturated rings. The molecule has 1 heterocycles. The Kier molecular flexibility index (Phi) is 7.05. The van der Waals surface area contributed by atoms with Gasteiger partial charge in [0.15, 0.2) is 5.11 Å². The minimum absolute atomic E-state index is 0.0390. The molecule has 30 heavy (non-hydrogen) atoms. The second-order valence-corrected chi connectivity index (χ2v) is 8.20. The number of aryl methyl sites for hydroxylation is 1. The van der Waals surface area contributed by atoms with Crippen molar-refractivity contribution in [2.75, 3.05) is 36.4 Å². The summed E-state index contributed by atoms with van der Waals surface area (Å²) in [5.74, 6) is 0.0224. The molecule has 0 aliphatic carbocycles. The van der Waals surface area contributed by atoms with Crippen LogP contribution in [-0.4, -0.2) is 48.0 Å². The smallest absolute Gasteiger partial charge is 0.257 e. The van der Waals surface area contributed by atoms with E-state index in [0.717, 1.165) is 43.1 Å². The monoisotopic (exact) mass is 424 g/mol. The van der Waals surface area contributed by atoms with E-state index in [1.54, 1.807) is 6.07 Å². The molecule has 0 bridgehead atoms. The van der Waals surface area contributed by atoms with Gasteiger partial charge in [-0.05, 0) is 55.5 Å². The summed E-state index contributed by atoms with van der Waals surface area (Å²) in [4.78, 5) is 28.6. The van der Waals surface area contributed by atoms with Crippen molar-refractivity contribution < 1.29 is 9.59 Å². The predicted molar refractivity (Wildman–Crippen MR) is 125 cm³/mol. The Bertz CT molecular complexity index is 919. The molecule has 0 atom stereocenters. The van der Waals surface area contributed by atoms with E-state index in [9.17, 15) is 9.59 Å². The van der Waals surface area contributed by atoms with Crippen molar-refractivity contribution in [3.05, 3.63) is 59.7 Å². The number of rotatable bonds is 4. The number of carbonyl (C=O) groups excluding carboxylic acids is 2. The normalized spacial score (nSPS) is 13.9. The van der Waals surface area contributed by atoms with Gasteiger partial charge in [-0.2, -0.15) is 0 Å². The molecule has 3 rings (SSSR count). The van der Waals surface area contributed by atoms with Gasteiger partial charge in [-0.1, -0.05) is 31.5 Å². The average Bonchev–Trinajstić information content (AvgIpc) is 2.73. The fourth-order valence-corrected chi connectivity index (χ4v) is 3.64. The summed E-state index contributed by atoms with van der Waals surface area (Å²) in [7, 11) is 0. The summed E-state index contributed by atoms with van der Waals surface area (Å²) in [6.45, 7) is 8.93. The molecule has 2 aromatic rings. The summed E-state index contributed by atoms with van der Waals surface area (Å²) >= 11 is 5.27. The van der Waals surface area contributed by atoms with Gasteiger partial charge >= 0.3 is 0 Å². The molecule has 0 spiro atoms. The molecule has 6 nitrogen and oxygen atoms in total. The molecular formula is C23H28N4O2S. The zero-order valence-electron chi connectivity index (χ0n) is 17.6. The molecule has 0 radical (unpaired) electrons. The van der Waals surface area contributed by atoms with E-state index in [4.69, 9.17) is 12.2 Å². The van der Waals surface area contributed by atoms with Crippen LogP contribution in [0.4, 0.5) is 11.4 Å². The van der Waals surface area contributed by atoms with Crippen molar-refractivity contribution in [2.24, 2.45) is 5.92 Å². The third-order valence-electron chi connectivity index (χ3n) is 5.08. The molecule has 0 saturated carbocycles. The van der Waals surface area contributed by atoms with E-state index >= 15 is 0 Å². The van der Waals surface area contributed by atoms with Crippen LogP contribution in [0.15, 0.2) is 48.5 Å². The van der Waals surface area contributed by atoms with Crippen LogP contribution in [0, 0.1) is 12.8 Å². The summed E-state index contributed by atoms with van der Waals surface area (Å²) in [5, 5.41) is 6.02. The number of nitrogens with one attached hydrogen (secondary N) is 2. The maximum Gasteiger partial charge on any atom is 0.257 e. The molecule has 7 heteroatoms. The number of amides is 2. The van der Waals surface area contributed by atoms with E-state index in [-0.39, 0.29) is 22.8 Å². The topological polar surface area (TPSA) is 64.7 Å². The Morgan fingerprint density at radius 2 is 1.67 bits per heavy atom. The highest BCUT2D eigenvalue weighted by Crippen LogP contribution is 2.20. The first-order chi connectivity index (χ1) is 14.3. The number of anilines is 2. The quantitative estimate of drug-likeness (QED) is 0.737. The van der Waals surface area contributed by atoms with Crippen LogP contribution < -0.4 is 15.5 Å². The lowest BCUT2D eigenvalue weighted by molar-refractivity contribution is -0.134. The molecule has 0 unspecified atom stereocenters. The third kappa shape index (κ3) is 5.57. The van der Waals surface area contributed by atoms with E-state index in [2.05, 4.69) is 15.5 Å². The van der Waals surface area contributed by atoms with Crippen molar-refractivity contribution in [2.45, 2.75) is 20.8 Å². The SMILES string of the molecule is Cc1cccc(C(=O)NC(=S)Nc2ccc(N3CCN(C(=O)C(C)C)CC3)cc2)c1. The first kappa shape index (κ1) is 21.8. The highest BCUT2D eigenvalue weighted by molar-refractivity contribution is 7.80. The standard InChI is InChI=1S/C23H28N4O2S/c1-16(2)22(29)27-13-11-26(12-14-27)20-9-7-19(8-10-20)24-23(30)25-21(28)18-6-4-5-17(3)15-18/h4-10,15-16H,11-14H2,1-3H3,(H2,24,25,28,30). The van der Waals surface area contributed by atoms with E-state index in [1.807, 2.05) is 68.1 Å². The first-order valence-electron chi connectivity index (χ1n) is 10.2. The lowest BCUT2D eigenvalue weighted by Crippen LogP contribution is -2.49. The Morgan fingerprint density at radius 1 is 1.00 bits per heavy atom. The highest BCUT2D eigenvalue weighted by Gasteiger charge is 2.22. The fraction of sp³-hybridized carbons (Fsp3) is 0.348. The van der Waals surface area contributed by atoms with E-state index < -0.39 is 0 Å².